The summed E-state index contributed by atoms with van der Waals surface area (Å²) in [6.07, 6.45) is 5.89. The number of hydrogen-bond acceptors (Lipinski definition) is 4. The van der Waals surface area contributed by atoms with Crippen LogP contribution in [0.15, 0.2) is 58.1 Å². The van der Waals surface area contributed by atoms with Gasteiger partial charge in [0.1, 0.15) is 0 Å². The van der Waals surface area contributed by atoms with Gasteiger partial charge in [-0.2, -0.15) is 0 Å². The number of H-pyrrole nitrogens is 1. The van der Waals surface area contributed by atoms with Gasteiger partial charge in [-0.1, -0.05) is 43.7 Å². The average Bonchev–Trinajstić information content (AvgIpc) is 2.80. The van der Waals surface area contributed by atoms with E-state index in [0.717, 1.165) is 38.5 Å². The number of para-hydroxylation sites is 1. The average molecular weight is 451 g/mol. The summed E-state index contributed by atoms with van der Waals surface area (Å²) < 4.78 is 6.49. The van der Waals surface area contributed by atoms with Crippen LogP contribution in [0.2, 0.25) is 0 Å². The van der Waals surface area contributed by atoms with E-state index in [1.807, 2.05) is 18.2 Å². The van der Waals surface area contributed by atoms with Crippen molar-refractivity contribution in [3.05, 3.63) is 74.8 Å². The Hall–Kier alpha value is -2.89. The molecule has 1 heterocycles. The van der Waals surface area contributed by atoms with Crippen LogP contribution in [0.4, 0.5) is 0 Å². The second kappa shape index (κ2) is 8.81. The Kier molecular flexibility index (Phi) is 6.21. The van der Waals surface area contributed by atoms with Crippen LogP contribution in [0.5, 0.6) is 0 Å². The highest BCUT2D eigenvalue weighted by Crippen LogP contribution is 2.62. The number of esters is 1. The number of ether oxygens (including phenoxy) is 1. The first kappa shape index (κ1) is 23.3. The molecule has 0 aliphatic heterocycles. The maximum Gasteiger partial charge on any atom is 0.311 e. The minimum absolute atomic E-state index is 0.0810. The van der Waals surface area contributed by atoms with Crippen LogP contribution in [0.1, 0.15) is 57.9 Å². The monoisotopic (exact) mass is 450 g/mol. The Morgan fingerprint density at radius 2 is 1.94 bits per heavy atom. The lowest BCUT2D eigenvalue weighted by molar-refractivity contribution is -0.168. The number of benzene rings is 1. The van der Waals surface area contributed by atoms with Gasteiger partial charge in [-0.3, -0.25) is 19.5 Å². The number of fused-ring (bicyclic) bond motifs is 1. The molecule has 1 aromatic carbocycles. The minimum atomic E-state index is -0.492. The summed E-state index contributed by atoms with van der Waals surface area (Å²) in [7, 11) is 1.47. The molecule has 2 fully saturated rings. The van der Waals surface area contributed by atoms with Crippen molar-refractivity contribution in [1.29, 1.82) is 0 Å². The molecule has 1 N–H and O–H groups in total. The second-order valence-corrected chi connectivity index (χ2v) is 10.2. The molecule has 2 aliphatic rings. The molecule has 0 amide bonds. The van der Waals surface area contributed by atoms with E-state index in [4.69, 9.17) is 4.74 Å². The summed E-state index contributed by atoms with van der Waals surface area (Å²) in [6, 6.07) is 10.5. The lowest BCUT2D eigenvalue weighted by Gasteiger charge is -2.57. The molecule has 0 unspecified atom stereocenters. The lowest BCUT2D eigenvalue weighted by atomic mass is 9.46. The number of hydrogen-bond donors (Lipinski definition) is 1. The second-order valence-electron chi connectivity index (χ2n) is 10.2. The third kappa shape index (κ3) is 4.00. The van der Waals surface area contributed by atoms with E-state index in [-0.39, 0.29) is 34.3 Å². The first-order chi connectivity index (χ1) is 15.7. The van der Waals surface area contributed by atoms with Gasteiger partial charge in [0.15, 0.2) is 0 Å². The van der Waals surface area contributed by atoms with Crippen molar-refractivity contribution in [2.45, 2.75) is 58.8 Å². The largest absolute Gasteiger partial charge is 0.469 e. The van der Waals surface area contributed by atoms with E-state index in [9.17, 15) is 14.4 Å². The summed E-state index contributed by atoms with van der Waals surface area (Å²) in [5.74, 6) is 0.285. The summed E-state index contributed by atoms with van der Waals surface area (Å²) >= 11 is 0. The molecule has 2 aliphatic carbocycles. The molecule has 0 saturated heterocycles. The number of allylic oxidation sites excluding steroid dienone is 1. The van der Waals surface area contributed by atoms with Crippen LogP contribution >= 0.6 is 0 Å². The SMILES string of the molecule is C=C1CC[C@H]2[C@](C)(CCC[C@]2(C)C(=O)OC)[C@H]1CCc1cc(=O)n(-c2ccccc2)[nH]c1=O. The zero-order valence-corrected chi connectivity index (χ0v) is 19.9. The van der Waals surface area contributed by atoms with Crippen molar-refractivity contribution in [3.8, 4) is 5.69 Å². The van der Waals surface area contributed by atoms with Crippen LogP contribution in [0.3, 0.4) is 0 Å². The van der Waals surface area contributed by atoms with Crippen molar-refractivity contribution in [2.75, 3.05) is 7.11 Å². The maximum absolute atomic E-state index is 12.8. The van der Waals surface area contributed by atoms with Crippen molar-refractivity contribution < 1.29 is 9.53 Å². The van der Waals surface area contributed by atoms with Gasteiger partial charge in [-0.05, 0) is 74.8 Å². The maximum atomic E-state index is 12.8. The normalized spacial score (nSPS) is 29.4. The number of aryl methyl sites for hydroxylation is 1. The molecule has 4 atom stereocenters. The molecule has 0 spiro atoms. The van der Waals surface area contributed by atoms with Crippen molar-refractivity contribution >= 4 is 5.97 Å². The van der Waals surface area contributed by atoms with E-state index in [0.29, 0.717) is 17.7 Å². The molecule has 176 valence electrons. The molecule has 6 heteroatoms. The van der Waals surface area contributed by atoms with Crippen molar-refractivity contribution in [3.63, 3.8) is 0 Å². The molecular formula is C27H34N2O4. The van der Waals surface area contributed by atoms with Crippen LogP contribution < -0.4 is 11.1 Å². The predicted molar refractivity (Wildman–Crippen MR) is 128 cm³/mol. The van der Waals surface area contributed by atoms with Crippen LogP contribution in [0.25, 0.3) is 5.69 Å². The van der Waals surface area contributed by atoms with Crippen LogP contribution in [-0.2, 0) is 16.0 Å². The van der Waals surface area contributed by atoms with Gasteiger partial charge in [-0.15, -0.1) is 0 Å². The number of carbonyl (C=O) groups is 1. The third-order valence-electron chi connectivity index (χ3n) is 8.41. The van der Waals surface area contributed by atoms with Crippen LogP contribution in [-0.4, -0.2) is 22.9 Å². The molecular weight excluding hydrogens is 416 g/mol. The zero-order valence-electron chi connectivity index (χ0n) is 19.9. The standard InChI is InChI=1S/C27H34N2O4/c1-18-11-14-22-26(2,15-8-16-27(22,3)25(32)33-4)21(18)13-12-19-17-23(30)29(28-24(19)31)20-9-6-5-7-10-20/h5-7,9-10,17,21-22H,1,8,11-16H2,2-4H3,(H,28,31)/t21-,22-,26+,27-/m0/s1. The van der Waals surface area contributed by atoms with Gasteiger partial charge >= 0.3 is 5.97 Å². The number of aromatic nitrogens is 2. The Balaban J connectivity index is 1.59. The van der Waals surface area contributed by atoms with Crippen LogP contribution in [0, 0.1) is 22.7 Å². The highest BCUT2D eigenvalue weighted by Gasteiger charge is 2.57. The third-order valence-corrected chi connectivity index (χ3v) is 8.41. The highest BCUT2D eigenvalue weighted by molar-refractivity contribution is 5.77. The summed E-state index contributed by atoms with van der Waals surface area (Å²) in [5, 5.41) is 2.73. The van der Waals surface area contributed by atoms with Crippen molar-refractivity contribution in [2.24, 2.45) is 22.7 Å². The Morgan fingerprint density at radius 1 is 1.21 bits per heavy atom. The molecule has 0 bridgehead atoms. The van der Waals surface area contributed by atoms with Gasteiger partial charge in [0.2, 0.25) is 0 Å². The zero-order chi connectivity index (χ0) is 23.8. The van der Waals surface area contributed by atoms with Gasteiger partial charge in [0.05, 0.1) is 18.2 Å². The summed E-state index contributed by atoms with van der Waals surface area (Å²) in [6.45, 7) is 8.72. The summed E-state index contributed by atoms with van der Waals surface area (Å²) in [5.41, 5.74) is 1.25. The number of rotatable bonds is 5. The quantitative estimate of drug-likeness (QED) is 0.540. The number of carbonyl (C=O) groups excluding carboxylic acids is 1. The van der Waals surface area contributed by atoms with E-state index in [1.165, 1.54) is 23.4 Å². The first-order valence-corrected chi connectivity index (χ1v) is 11.9. The molecule has 2 aromatic rings. The van der Waals surface area contributed by atoms with Crippen molar-refractivity contribution in [1.82, 2.24) is 9.78 Å². The minimum Gasteiger partial charge on any atom is -0.469 e. The van der Waals surface area contributed by atoms with E-state index in [2.05, 4.69) is 25.5 Å². The molecule has 2 saturated carbocycles. The Labute approximate surface area is 194 Å². The Morgan fingerprint density at radius 3 is 2.64 bits per heavy atom. The molecule has 6 nitrogen and oxygen atoms in total. The Bertz CT molecular complexity index is 1160. The topological polar surface area (TPSA) is 81.2 Å². The number of nitrogens with zero attached hydrogens (tertiary/aromatic N) is 1. The van der Waals surface area contributed by atoms with E-state index < -0.39 is 5.41 Å². The number of aromatic amines is 1. The summed E-state index contributed by atoms with van der Waals surface area (Å²) in [4.78, 5) is 38.3. The van der Waals surface area contributed by atoms with Gasteiger partial charge in [-0.25, -0.2) is 4.68 Å². The molecule has 33 heavy (non-hydrogen) atoms. The van der Waals surface area contributed by atoms with E-state index >= 15 is 0 Å². The fourth-order valence-corrected chi connectivity index (χ4v) is 6.72. The highest BCUT2D eigenvalue weighted by atomic mass is 16.5. The first-order valence-electron chi connectivity index (χ1n) is 11.9. The molecule has 1 aromatic heterocycles. The van der Waals surface area contributed by atoms with Gasteiger partial charge < -0.3 is 4.74 Å². The fraction of sp³-hybridized carbons (Fsp3) is 0.519. The molecule has 0 radical (unpaired) electrons. The number of methoxy groups -OCH3 is 1. The predicted octanol–water partition coefficient (Wildman–Crippen LogP) is 4.41. The van der Waals surface area contributed by atoms with Gasteiger partial charge in [0, 0.05) is 11.6 Å². The lowest BCUT2D eigenvalue weighted by Crippen LogP contribution is -2.53. The number of nitrogens with one attached hydrogen (secondary N) is 1. The smallest absolute Gasteiger partial charge is 0.311 e. The van der Waals surface area contributed by atoms with E-state index in [1.54, 1.807) is 12.1 Å². The fourth-order valence-electron chi connectivity index (χ4n) is 6.72. The van der Waals surface area contributed by atoms with Gasteiger partial charge in [0.25, 0.3) is 11.1 Å². The molecule has 4 rings (SSSR count).